The van der Waals surface area contributed by atoms with E-state index in [-0.39, 0.29) is 16.2 Å². The first-order valence-corrected chi connectivity index (χ1v) is 4.60. The molecule has 2 rings (SSSR count). The van der Waals surface area contributed by atoms with Gasteiger partial charge < -0.3 is 9.52 Å². The average molecular weight is 233 g/mol. The second kappa shape index (κ2) is 3.47. The average Bonchev–Trinajstić information content (AvgIpc) is 2.54. The molecule has 0 saturated heterocycles. The number of fused-ring (bicyclic) bond motifs is 1. The molecule has 0 bridgehead atoms. The van der Waals surface area contributed by atoms with Gasteiger partial charge in [0.15, 0.2) is 0 Å². The van der Waals surface area contributed by atoms with Gasteiger partial charge in [-0.05, 0) is 17.7 Å². The first-order valence-electron chi connectivity index (χ1n) is 4.22. The van der Waals surface area contributed by atoms with Gasteiger partial charge in [0.1, 0.15) is 12.2 Å². The lowest BCUT2D eigenvalue weighted by molar-refractivity contribution is -0.0547. The van der Waals surface area contributed by atoms with Gasteiger partial charge in [0.25, 0.3) is 0 Å². The van der Waals surface area contributed by atoms with Crippen LogP contribution in [-0.4, -0.2) is 11.7 Å². The van der Waals surface area contributed by atoms with Gasteiger partial charge in [-0.3, -0.25) is 0 Å². The number of aliphatic hydroxyl groups excluding tert-OH is 1. The molecule has 0 aliphatic carbocycles. The fourth-order valence-corrected chi connectivity index (χ4v) is 1.76. The third kappa shape index (κ3) is 1.60. The molecule has 0 unspecified atom stereocenters. The number of para-hydroxylation sites is 1. The lowest BCUT2D eigenvalue weighted by Gasteiger charge is -2.11. The first kappa shape index (κ1) is 10.4. The molecule has 5 heteroatoms. The lowest BCUT2D eigenvalue weighted by Crippen LogP contribution is -2.18. The fraction of sp³-hybridized carbons (Fsp3) is 0.200. The van der Waals surface area contributed by atoms with Crippen LogP contribution in [0.1, 0.15) is 5.56 Å². The molecule has 1 aromatic carbocycles. The minimum Gasteiger partial charge on any atom is -0.444 e. The van der Waals surface area contributed by atoms with Crippen molar-refractivity contribution >= 4 is 22.6 Å². The van der Waals surface area contributed by atoms with Gasteiger partial charge in [0.05, 0.1) is 5.56 Å². The quantitative estimate of drug-likeness (QED) is 0.863. The Morgan fingerprint density at radius 2 is 2.00 bits per heavy atom. The monoisotopic (exact) mass is 232 g/mol. The van der Waals surface area contributed by atoms with Crippen molar-refractivity contribution in [3.63, 3.8) is 0 Å². The van der Waals surface area contributed by atoms with E-state index in [1.807, 2.05) is 0 Å². The van der Waals surface area contributed by atoms with E-state index in [2.05, 4.69) is 0 Å². The van der Waals surface area contributed by atoms with E-state index in [1.54, 1.807) is 12.1 Å². The molecule has 15 heavy (non-hydrogen) atoms. The van der Waals surface area contributed by atoms with Gasteiger partial charge in [-0.15, -0.1) is 0 Å². The minimum atomic E-state index is -3.39. The molecule has 1 aromatic heterocycles. The molecule has 0 saturated carbocycles. The van der Waals surface area contributed by atoms with Crippen LogP contribution in [-0.2, 0) is 5.92 Å². The van der Waals surface area contributed by atoms with E-state index in [4.69, 9.17) is 21.1 Å². The van der Waals surface area contributed by atoms with Crippen LogP contribution in [0.5, 0.6) is 0 Å². The Morgan fingerprint density at radius 1 is 1.33 bits per heavy atom. The maximum atomic E-state index is 13.3. The molecule has 2 nitrogen and oxygen atoms in total. The second-order valence-electron chi connectivity index (χ2n) is 3.11. The number of furan rings is 1. The van der Waals surface area contributed by atoms with Crippen LogP contribution in [0.15, 0.2) is 28.7 Å². The second-order valence-corrected chi connectivity index (χ2v) is 3.45. The van der Waals surface area contributed by atoms with Gasteiger partial charge in [-0.1, -0.05) is 18.2 Å². The molecule has 2 aromatic rings. The largest absolute Gasteiger partial charge is 0.444 e. The van der Waals surface area contributed by atoms with Crippen LogP contribution in [0.2, 0.25) is 5.22 Å². The van der Waals surface area contributed by atoms with Gasteiger partial charge in [0, 0.05) is 5.39 Å². The number of hydrogen-bond acceptors (Lipinski definition) is 2. The summed E-state index contributed by atoms with van der Waals surface area (Å²) in [5, 5.41) is 8.44. The van der Waals surface area contributed by atoms with E-state index in [9.17, 15) is 8.78 Å². The van der Waals surface area contributed by atoms with Gasteiger partial charge >= 0.3 is 5.92 Å². The highest BCUT2D eigenvalue weighted by Crippen LogP contribution is 2.40. The molecule has 0 radical (unpaired) electrons. The van der Waals surface area contributed by atoms with Gasteiger partial charge in [-0.2, -0.15) is 8.78 Å². The molecule has 0 spiro atoms. The molecule has 1 heterocycles. The molecule has 80 valence electrons. The zero-order chi connectivity index (χ0) is 11.1. The maximum absolute atomic E-state index is 13.3. The van der Waals surface area contributed by atoms with E-state index < -0.39 is 18.1 Å². The SMILES string of the molecule is OCC(F)(F)c1c(Cl)oc2ccccc12. The summed E-state index contributed by atoms with van der Waals surface area (Å²) in [7, 11) is 0. The summed E-state index contributed by atoms with van der Waals surface area (Å²) in [5.41, 5.74) is -0.173. The number of rotatable bonds is 2. The van der Waals surface area contributed by atoms with Crippen molar-refractivity contribution in [3.8, 4) is 0 Å². The van der Waals surface area contributed by atoms with Crippen LogP contribution in [0, 0.1) is 0 Å². The smallest absolute Gasteiger partial charge is 0.300 e. The molecule has 1 N–H and O–H groups in total. The van der Waals surface area contributed by atoms with Crippen molar-refractivity contribution in [2.75, 3.05) is 6.61 Å². The van der Waals surface area contributed by atoms with E-state index in [0.29, 0.717) is 0 Å². The molecule has 0 aliphatic heterocycles. The third-order valence-corrected chi connectivity index (χ3v) is 2.38. The Morgan fingerprint density at radius 3 is 2.67 bits per heavy atom. The van der Waals surface area contributed by atoms with Crippen molar-refractivity contribution in [1.82, 2.24) is 0 Å². The summed E-state index contributed by atoms with van der Waals surface area (Å²) in [5.74, 6) is -3.39. The van der Waals surface area contributed by atoms with Gasteiger partial charge in [-0.25, -0.2) is 0 Å². The first-order chi connectivity index (χ1) is 7.06. The van der Waals surface area contributed by atoms with E-state index in [1.165, 1.54) is 12.1 Å². The number of halogens is 3. The standard InChI is InChI=1S/C10H7ClF2O2/c11-9-8(10(12,13)5-14)6-3-1-2-4-7(6)15-9/h1-4,14H,5H2. The van der Waals surface area contributed by atoms with Crippen LogP contribution in [0.4, 0.5) is 8.78 Å². The predicted octanol–water partition coefficient (Wildman–Crippen LogP) is 3.17. The highest BCUT2D eigenvalue weighted by atomic mass is 35.5. The van der Waals surface area contributed by atoms with Crippen molar-refractivity contribution in [1.29, 1.82) is 0 Å². The van der Waals surface area contributed by atoms with E-state index >= 15 is 0 Å². The Hall–Kier alpha value is -1.13. The van der Waals surface area contributed by atoms with Crippen LogP contribution < -0.4 is 0 Å². The normalized spacial score (nSPS) is 12.3. The summed E-state index contributed by atoms with van der Waals surface area (Å²) in [6.07, 6.45) is 0. The Labute approximate surface area is 89.1 Å². The van der Waals surface area contributed by atoms with Gasteiger partial charge in [0.2, 0.25) is 5.22 Å². The summed E-state index contributed by atoms with van der Waals surface area (Å²) in [6, 6.07) is 6.27. The summed E-state index contributed by atoms with van der Waals surface area (Å²) < 4.78 is 31.6. The minimum absolute atomic E-state index is 0.224. The molecular weight excluding hydrogens is 226 g/mol. The summed E-state index contributed by atoms with van der Waals surface area (Å²) in [4.78, 5) is 0. The maximum Gasteiger partial charge on any atom is 0.300 e. The highest BCUT2D eigenvalue weighted by molar-refractivity contribution is 6.31. The lowest BCUT2D eigenvalue weighted by atomic mass is 10.1. The van der Waals surface area contributed by atoms with Crippen molar-refractivity contribution < 1.29 is 18.3 Å². The van der Waals surface area contributed by atoms with Crippen molar-refractivity contribution in [3.05, 3.63) is 35.0 Å². The Bertz CT molecular complexity index is 493. The molecule has 0 amide bonds. The van der Waals surface area contributed by atoms with Crippen LogP contribution in [0.25, 0.3) is 11.0 Å². The Kier molecular flexibility index (Phi) is 2.40. The molecule has 0 aliphatic rings. The topological polar surface area (TPSA) is 33.4 Å². The zero-order valence-corrected chi connectivity index (χ0v) is 8.26. The van der Waals surface area contributed by atoms with Crippen molar-refractivity contribution in [2.24, 2.45) is 0 Å². The molecule has 0 atom stereocenters. The molecule has 0 fully saturated rings. The number of hydrogen-bond donors (Lipinski definition) is 1. The third-order valence-electron chi connectivity index (χ3n) is 2.12. The fourth-order valence-electron chi connectivity index (χ4n) is 1.44. The number of benzene rings is 1. The highest BCUT2D eigenvalue weighted by Gasteiger charge is 2.37. The van der Waals surface area contributed by atoms with E-state index in [0.717, 1.165) is 0 Å². The molecular formula is C10H7ClF2O2. The van der Waals surface area contributed by atoms with Crippen molar-refractivity contribution in [2.45, 2.75) is 5.92 Å². The summed E-state index contributed by atoms with van der Waals surface area (Å²) in [6.45, 7) is -1.30. The van der Waals surface area contributed by atoms with Crippen LogP contribution in [0.3, 0.4) is 0 Å². The van der Waals surface area contributed by atoms with Crippen LogP contribution >= 0.6 is 11.6 Å². The Balaban J connectivity index is 2.74. The summed E-state index contributed by atoms with van der Waals surface area (Å²) >= 11 is 5.57. The number of aliphatic hydroxyl groups is 1. The zero-order valence-electron chi connectivity index (χ0n) is 7.51. The predicted molar refractivity (Wildman–Crippen MR) is 52.2 cm³/mol. The number of alkyl halides is 2.